The number of aromatic nitrogens is 2. The van der Waals surface area contributed by atoms with Crippen molar-refractivity contribution in [2.75, 3.05) is 0 Å². The lowest BCUT2D eigenvalue weighted by molar-refractivity contribution is -0.707. The zero-order chi connectivity index (χ0) is 9.30. The average Bonchev–Trinajstić information content (AvgIpc) is 2.17. The van der Waals surface area contributed by atoms with E-state index in [2.05, 4.69) is 50.2 Å². The Morgan fingerprint density at radius 3 is 2.33 bits per heavy atom. The predicted molar refractivity (Wildman–Crippen MR) is 49.9 cm³/mol. The van der Waals surface area contributed by atoms with Gasteiger partial charge in [0.1, 0.15) is 11.4 Å². The normalized spacial score (nSPS) is 11.2. The molecule has 0 bridgehead atoms. The summed E-state index contributed by atoms with van der Waals surface area (Å²) >= 11 is 0. The standard InChI is InChI=1S/C10H19N2/c1-8(2)6-12-7-11(5)9(3)10(12)4/h7-8H,6H2,1-5H3/q+1. The van der Waals surface area contributed by atoms with Crippen molar-refractivity contribution in [3.8, 4) is 0 Å². The van der Waals surface area contributed by atoms with Crippen LogP contribution in [0, 0.1) is 19.8 Å². The fraction of sp³-hybridized carbons (Fsp3) is 0.700. The second-order valence-electron chi connectivity index (χ2n) is 3.94. The largest absolute Gasteiger partial charge is 0.243 e. The first-order valence-electron chi connectivity index (χ1n) is 4.54. The third kappa shape index (κ3) is 1.68. The Morgan fingerprint density at radius 1 is 1.42 bits per heavy atom. The summed E-state index contributed by atoms with van der Waals surface area (Å²) in [4.78, 5) is 0. The molecule has 0 saturated heterocycles. The first-order chi connectivity index (χ1) is 5.52. The number of hydrogen-bond donors (Lipinski definition) is 0. The van der Waals surface area contributed by atoms with Gasteiger partial charge in [-0.15, -0.1) is 0 Å². The van der Waals surface area contributed by atoms with Crippen LogP contribution in [-0.2, 0) is 13.6 Å². The lowest BCUT2D eigenvalue weighted by Gasteiger charge is -2.00. The van der Waals surface area contributed by atoms with Crippen LogP contribution in [0.1, 0.15) is 25.2 Å². The summed E-state index contributed by atoms with van der Waals surface area (Å²) in [5.41, 5.74) is 2.74. The van der Waals surface area contributed by atoms with Gasteiger partial charge in [0.15, 0.2) is 0 Å². The maximum absolute atomic E-state index is 2.32. The fourth-order valence-corrected chi connectivity index (χ4v) is 1.42. The average molecular weight is 167 g/mol. The van der Waals surface area contributed by atoms with Gasteiger partial charge in [0, 0.05) is 13.8 Å². The molecule has 0 atom stereocenters. The molecular weight excluding hydrogens is 148 g/mol. The van der Waals surface area contributed by atoms with Gasteiger partial charge in [-0.3, -0.25) is 0 Å². The predicted octanol–water partition coefficient (Wildman–Crippen LogP) is 1.59. The monoisotopic (exact) mass is 167 g/mol. The van der Waals surface area contributed by atoms with E-state index in [-0.39, 0.29) is 0 Å². The Kier molecular flexibility index (Phi) is 2.55. The molecule has 0 aliphatic heterocycles. The molecule has 1 rings (SSSR count). The van der Waals surface area contributed by atoms with Crippen LogP contribution >= 0.6 is 0 Å². The van der Waals surface area contributed by atoms with E-state index in [0.717, 1.165) is 12.5 Å². The van der Waals surface area contributed by atoms with Gasteiger partial charge in [-0.05, 0) is 5.92 Å². The van der Waals surface area contributed by atoms with Crippen molar-refractivity contribution in [2.45, 2.75) is 34.2 Å². The topological polar surface area (TPSA) is 8.81 Å². The van der Waals surface area contributed by atoms with Crippen molar-refractivity contribution in [2.24, 2.45) is 13.0 Å². The summed E-state index contributed by atoms with van der Waals surface area (Å²) in [6.07, 6.45) is 2.17. The van der Waals surface area contributed by atoms with Crippen LogP contribution in [0.5, 0.6) is 0 Å². The smallest absolute Gasteiger partial charge is 0.237 e. The van der Waals surface area contributed by atoms with Crippen LogP contribution in [0.15, 0.2) is 6.33 Å². The Hall–Kier alpha value is -0.790. The minimum atomic E-state index is 0.718. The van der Waals surface area contributed by atoms with E-state index in [4.69, 9.17) is 0 Å². The Bertz CT molecular complexity index is 272. The van der Waals surface area contributed by atoms with E-state index in [1.807, 2.05) is 0 Å². The van der Waals surface area contributed by atoms with Crippen molar-refractivity contribution < 1.29 is 4.57 Å². The van der Waals surface area contributed by atoms with Gasteiger partial charge in [0.25, 0.3) is 0 Å². The van der Waals surface area contributed by atoms with Crippen molar-refractivity contribution in [3.63, 3.8) is 0 Å². The molecule has 1 aromatic heterocycles. The first-order valence-corrected chi connectivity index (χ1v) is 4.54. The summed E-state index contributed by atoms with van der Waals surface area (Å²) in [6, 6.07) is 0. The highest BCUT2D eigenvalue weighted by molar-refractivity contribution is 5.01. The van der Waals surface area contributed by atoms with Gasteiger partial charge in [-0.2, -0.15) is 0 Å². The molecule has 0 radical (unpaired) electrons. The van der Waals surface area contributed by atoms with Crippen molar-refractivity contribution in [3.05, 3.63) is 17.7 Å². The minimum Gasteiger partial charge on any atom is -0.237 e. The molecule has 0 aliphatic carbocycles. The van der Waals surface area contributed by atoms with Gasteiger partial charge in [0.2, 0.25) is 6.33 Å². The van der Waals surface area contributed by atoms with Gasteiger partial charge in [-0.1, -0.05) is 13.8 Å². The quantitative estimate of drug-likeness (QED) is 0.591. The highest BCUT2D eigenvalue weighted by atomic mass is 15.1. The van der Waals surface area contributed by atoms with E-state index in [9.17, 15) is 0 Å². The number of rotatable bonds is 2. The van der Waals surface area contributed by atoms with Crippen molar-refractivity contribution in [1.29, 1.82) is 0 Å². The zero-order valence-electron chi connectivity index (χ0n) is 8.76. The summed E-state index contributed by atoms with van der Waals surface area (Å²) in [5, 5.41) is 0. The van der Waals surface area contributed by atoms with Crippen LogP contribution in [0.3, 0.4) is 0 Å². The Morgan fingerprint density at radius 2 is 2.00 bits per heavy atom. The second-order valence-corrected chi connectivity index (χ2v) is 3.94. The van der Waals surface area contributed by atoms with Crippen LogP contribution in [0.25, 0.3) is 0 Å². The molecule has 0 N–H and O–H groups in total. The lowest BCUT2D eigenvalue weighted by Crippen LogP contribution is -2.37. The first kappa shape index (κ1) is 9.30. The number of aryl methyl sites for hydroxylation is 1. The minimum absolute atomic E-state index is 0.718. The zero-order valence-corrected chi connectivity index (χ0v) is 8.76. The van der Waals surface area contributed by atoms with Crippen LogP contribution in [-0.4, -0.2) is 4.57 Å². The molecule has 1 heterocycles. The highest BCUT2D eigenvalue weighted by Crippen LogP contribution is 2.01. The summed E-state index contributed by atoms with van der Waals surface area (Å²) in [5.74, 6) is 0.718. The SMILES string of the molecule is Cc1c(C)[n+](CC(C)C)cn1C. The highest BCUT2D eigenvalue weighted by Gasteiger charge is 2.13. The molecule has 0 saturated carbocycles. The summed E-state index contributed by atoms with van der Waals surface area (Å²) in [6.45, 7) is 9.95. The van der Waals surface area contributed by atoms with Crippen molar-refractivity contribution >= 4 is 0 Å². The molecule has 2 nitrogen and oxygen atoms in total. The third-order valence-electron chi connectivity index (χ3n) is 2.36. The Balaban J connectivity index is 2.93. The van der Waals surface area contributed by atoms with Gasteiger partial charge < -0.3 is 0 Å². The van der Waals surface area contributed by atoms with Gasteiger partial charge in [-0.25, -0.2) is 9.13 Å². The number of nitrogens with zero attached hydrogens (tertiary/aromatic N) is 2. The second kappa shape index (κ2) is 3.30. The van der Waals surface area contributed by atoms with Gasteiger partial charge >= 0.3 is 0 Å². The molecule has 68 valence electrons. The summed E-state index contributed by atoms with van der Waals surface area (Å²) in [7, 11) is 2.10. The molecule has 0 fully saturated rings. The van der Waals surface area contributed by atoms with E-state index in [1.165, 1.54) is 11.4 Å². The third-order valence-corrected chi connectivity index (χ3v) is 2.36. The van der Waals surface area contributed by atoms with E-state index in [1.54, 1.807) is 0 Å². The van der Waals surface area contributed by atoms with Gasteiger partial charge in [0.05, 0.1) is 13.6 Å². The maximum atomic E-state index is 2.32. The Labute approximate surface area is 74.8 Å². The fourth-order valence-electron chi connectivity index (χ4n) is 1.42. The lowest BCUT2D eigenvalue weighted by atomic mass is 10.2. The van der Waals surface area contributed by atoms with E-state index < -0.39 is 0 Å². The van der Waals surface area contributed by atoms with E-state index >= 15 is 0 Å². The maximum Gasteiger partial charge on any atom is 0.243 e. The molecule has 12 heavy (non-hydrogen) atoms. The molecule has 0 aromatic carbocycles. The number of hydrogen-bond acceptors (Lipinski definition) is 0. The number of imidazole rings is 1. The summed E-state index contributed by atoms with van der Waals surface area (Å²) < 4.78 is 4.50. The van der Waals surface area contributed by atoms with Crippen LogP contribution in [0.4, 0.5) is 0 Å². The molecule has 1 aromatic rings. The molecule has 0 spiro atoms. The van der Waals surface area contributed by atoms with E-state index in [0.29, 0.717) is 0 Å². The van der Waals surface area contributed by atoms with Crippen LogP contribution in [0.2, 0.25) is 0 Å². The molecule has 0 unspecified atom stereocenters. The molecule has 0 aliphatic rings. The van der Waals surface area contributed by atoms with Crippen molar-refractivity contribution in [1.82, 2.24) is 4.57 Å². The molecule has 0 amide bonds. The molecular formula is C10H19N2+. The van der Waals surface area contributed by atoms with Crippen LogP contribution < -0.4 is 4.57 Å². The molecule has 2 heteroatoms.